The Hall–Kier alpha value is -1.13. The summed E-state index contributed by atoms with van der Waals surface area (Å²) in [5.74, 6) is -0.373. The zero-order valence-corrected chi connectivity index (χ0v) is 11.1. The molecule has 0 saturated carbocycles. The smallest absolute Gasteiger partial charge is 0.150 e. The second-order valence-electron chi connectivity index (χ2n) is 3.36. The first kappa shape index (κ1) is 12.3. The minimum Gasteiger partial charge on any atom is -0.298 e. The van der Waals surface area contributed by atoms with Gasteiger partial charge in [-0.3, -0.25) is 4.79 Å². The van der Waals surface area contributed by atoms with E-state index < -0.39 is 0 Å². The van der Waals surface area contributed by atoms with Gasteiger partial charge in [0.15, 0.2) is 0 Å². The monoisotopic (exact) mass is 310 g/mol. The predicted molar refractivity (Wildman–Crippen MR) is 70.1 cm³/mol. The number of hydrogen-bond acceptors (Lipinski definition) is 2. The van der Waals surface area contributed by atoms with Gasteiger partial charge in [-0.25, -0.2) is 4.39 Å². The summed E-state index contributed by atoms with van der Waals surface area (Å²) in [7, 11) is 0. The SMILES string of the molecule is O=Cc1ccc(Sc2ccc(Br)cc2)c(F)c1. The van der Waals surface area contributed by atoms with Crippen molar-refractivity contribution in [1.82, 2.24) is 0 Å². The molecule has 86 valence electrons. The Balaban J connectivity index is 2.24. The molecule has 0 bridgehead atoms. The molecule has 0 fully saturated rings. The molecule has 1 nitrogen and oxygen atoms in total. The van der Waals surface area contributed by atoms with Crippen molar-refractivity contribution in [3.63, 3.8) is 0 Å². The van der Waals surface area contributed by atoms with Gasteiger partial charge < -0.3 is 0 Å². The van der Waals surface area contributed by atoms with Gasteiger partial charge in [0.1, 0.15) is 12.1 Å². The minimum absolute atomic E-state index is 0.350. The van der Waals surface area contributed by atoms with Crippen LogP contribution in [0, 0.1) is 5.82 Å². The van der Waals surface area contributed by atoms with Crippen molar-refractivity contribution in [2.45, 2.75) is 9.79 Å². The van der Waals surface area contributed by atoms with Crippen LogP contribution < -0.4 is 0 Å². The van der Waals surface area contributed by atoms with Gasteiger partial charge in [-0.1, -0.05) is 33.8 Å². The van der Waals surface area contributed by atoms with E-state index in [-0.39, 0.29) is 5.82 Å². The van der Waals surface area contributed by atoms with Gasteiger partial charge >= 0.3 is 0 Å². The molecule has 0 spiro atoms. The molecular formula is C13H8BrFOS. The summed E-state index contributed by atoms with van der Waals surface area (Å²) in [5, 5.41) is 0. The van der Waals surface area contributed by atoms with Gasteiger partial charge in [0, 0.05) is 19.8 Å². The van der Waals surface area contributed by atoms with Crippen molar-refractivity contribution in [3.8, 4) is 0 Å². The highest BCUT2D eigenvalue weighted by atomic mass is 79.9. The number of carbonyl (C=O) groups is 1. The number of aldehydes is 1. The summed E-state index contributed by atoms with van der Waals surface area (Å²) in [4.78, 5) is 11.9. The number of carbonyl (C=O) groups excluding carboxylic acids is 1. The molecule has 2 aromatic carbocycles. The van der Waals surface area contributed by atoms with E-state index in [1.165, 1.54) is 17.8 Å². The maximum absolute atomic E-state index is 13.6. The van der Waals surface area contributed by atoms with E-state index in [0.29, 0.717) is 16.7 Å². The lowest BCUT2D eigenvalue weighted by Crippen LogP contribution is -1.85. The van der Waals surface area contributed by atoms with Gasteiger partial charge in [-0.05, 0) is 36.4 Å². The Bertz CT molecular complexity index is 540. The van der Waals surface area contributed by atoms with Crippen LogP contribution in [0.2, 0.25) is 0 Å². The Labute approximate surface area is 111 Å². The van der Waals surface area contributed by atoms with Gasteiger partial charge in [0.25, 0.3) is 0 Å². The van der Waals surface area contributed by atoms with E-state index >= 15 is 0 Å². The van der Waals surface area contributed by atoms with E-state index in [1.807, 2.05) is 24.3 Å². The molecule has 0 atom stereocenters. The van der Waals surface area contributed by atoms with Crippen LogP contribution in [0.3, 0.4) is 0 Å². The Kier molecular flexibility index (Phi) is 3.97. The first-order valence-corrected chi connectivity index (χ1v) is 6.48. The first-order chi connectivity index (χ1) is 8.19. The lowest BCUT2D eigenvalue weighted by atomic mass is 10.2. The lowest BCUT2D eigenvalue weighted by molar-refractivity contribution is 0.112. The second-order valence-corrected chi connectivity index (χ2v) is 5.39. The number of hydrogen-bond donors (Lipinski definition) is 0. The number of halogens is 2. The highest BCUT2D eigenvalue weighted by Gasteiger charge is 2.05. The Morgan fingerprint density at radius 3 is 2.41 bits per heavy atom. The fourth-order valence-corrected chi connectivity index (χ4v) is 2.39. The van der Waals surface area contributed by atoms with E-state index in [4.69, 9.17) is 0 Å². The summed E-state index contributed by atoms with van der Waals surface area (Å²) in [6, 6.07) is 12.1. The predicted octanol–water partition coefficient (Wildman–Crippen LogP) is 4.55. The minimum atomic E-state index is -0.373. The van der Waals surface area contributed by atoms with Crippen molar-refractivity contribution in [1.29, 1.82) is 0 Å². The molecule has 2 aromatic rings. The van der Waals surface area contributed by atoms with Crippen LogP contribution in [0.25, 0.3) is 0 Å². The average Bonchev–Trinajstić information content (AvgIpc) is 2.34. The quantitative estimate of drug-likeness (QED) is 0.773. The summed E-state index contributed by atoms with van der Waals surface area (Å²) in [5.41, 5.74) is 0.350. The molecule has 0 N–H and O–H groups in total. The average molecular weight is 311 g/mol. The van der Waals surface area contributed by atoms with Crippen molar-refractivity contribution >= 4 is 34.0 Å². The molecule has 0 unspecified atom stereocenters. The Morgan fingerprint density at radius 1 is 1.12 bits per heavy atom. The topological polar surface area (TPSA) is 17.1 Å². The molecule has 0 aliphatic heterocycles. The Morgan fingerprint density at radius 2 is 1.82 bits per heavy atom. The van der Waals surface area contributed by atoms with E-state index in [0.717, 1.165) is 9.37 Å². The van der Waals surface area contributed by atoms with Crippen LogP contribution in [0.4, 0.5) is 4.39 Å². The van der Waals surface area contributed by atoms with Crippen LogP contribution in [-0.4, -0.2) is 6.29 Å². The second kappa shape index (κ2) is 5.47. The molecule has 0 amide bonds. The van der Waals surface area contributed by atoms with Crippen molar-refractivity contribution in [2.75, 3.05) is 0 Å². The van der Waals surface area contributed by atoms with Gasteiger partial charge in [-0.2, -0.15) is 0 Å². The fraction of sp³-hybridized carbons (Fsp3) is 0. The molecule has 0 aliphatic carbocycles. The lowest BCUT2D eigenvalue weighted by Gasteiger charge is -2.03. The number of rotatable bonds is 3. The molecule has 4 heteroatoms. The highest BCUT2D eigenvalue weighted by Crippen LogP contribution is 2.30. The zero-order valence-electron chi connectivity index (χ0n) is 8.69. The normalized spacial score (nSPS) is 10.2. The standard InChI is InChI=1S/C13H8BrFOS/c14-10-2-4-11(5-3-10)17-13-6-1-9(8-16)7-12(13)15/h1-8H. The maximum atomic E-state index is 13.6. The molecule has 0 aromatic heterocycles. The number of benzene rings is 2. The summed E-state index contributed by atoms with van der Waals surface area (Å²) < 4.78 is 14.6. The van der Waals surface area contributed by atoms with E-state index in [9.17, 15) is 9.18 Å². The zero-order chi connectivity index (χ0) is 12.3. The molecule has 0 radical (unpaired) electrons. The first-order valence-electron chi connectivity index (χ1n) is 4.87. The van der Waals surface area contributed by atoms with Gasteiger partial charge in [0.05, 0.1) is 0 Å². The van der Waals surface area contributed by atoms with Crippen molar-refractivity contribution in [2.24, 2.45) is 0 Å². The van der Waals surface area contributed by atoms with Crippen LogP contribution in [-0.2, 0) is 0 Å². The summed E-state index contributed by atoms with van der Waals surface area (Å²) in [6.45, 7) is 0. The molecule has 0 aliphatic rings. The largest absolute Gasteiger partial charge is 0.298 e. The molecule has 0 saturated heterocycles. The van der Waals surface area contributed by atoms with Gasteiger partial charge in [-0.15, -0.1) is 0 Å². The van der Waals surface area contributed by atoms with Crippen LogP contribution in [0.5, 0.6) is 0 Å². The molecular weight excluding hydrogens is 303 g/mol. The van der Waals surface area contributed by atoms with Crippen LogP contribution >= 0.6 is 27.7 Å². The van der Waals surface area contributed by atoms with E-state index in [1.54, 1.807) is 12.1 Å². The third kappa shape index (κ3) is 3.17. The summed E-state index contributed by atoms with van der Waals surface area (Å²) in [6.07, 6.45) is 0.636. The van der Waals surface area contributed by atoms with E-state index in [2.05, 4.69) is 15.9 Å². The van der Waals surface area contributed by atoms with Gasteiger partial charge in [0.2, 0.25) is 0 Å². The van der Waals surface area contributed by atoms with Crippen molar-refractivity contribution in [3.05, 3.63) is 58.3 Å². The van der Waals surface area contributed by atoms with Crippen LogP contribution in [0.1, 0.15) is 10.4 Å². The molecule has 17 heavy (non-hydrogen) atoms. The summed E-state index contributed by atoms with van der Waals surface area (Å²) >= 11 is 4.67. The third-order valence-corrected chi connectivity index (χ3v) is 3.72. The third-order valence-electron chi connectivity index (χ3n) is 2.13. The maximum Gasteiger partial charge on any atom is 0.150 e. The fourth-order valence-electron chi connectivity index (χ4n) is 1.30. The molecule has 2 rings (SSSR count). The van der Waals surface area contributed by atoms with Crippen molar-refractivity contribution < 1.29 is 9.18 Å². The van der Waals surface area contributed by atoms with Crippen LogP contribution in [0.15, 0.2) is 56.7 Å². The highest BCUT2D eigenvalue weighted by molar-refractivity contribution is 9.10. The molecule has 0 heterocycles.